The summed E-state index contributed by atoms with van der Waals surface area (Å²) >= 11 is 3.11. The molecule has 3 aromatic rings. The minimum atomic E-state index is -0.0492. The van der Waals surface area contributed by atoms with E-state index in [2.05, 4.69) is 52.3 Å². The van der Waals surface area contributed by atoms with Crippen molar-refractivity contribution < 1.29 is 4.79 Å². The summed E-state index contributed by atoms with van der Waals surface area (Å²) in [6.07, 6.45) is 0. The van der Waals surface area contributed by atoms with Crippen LogP contribution in [-0.2, 0) is 4.79 Å². The Morgan fingerprint density at radius 2 is 2.08 bits per heavy atom. The highest BCUT2D eigenvalue weighted by Gasteiger charge is 2.18. The lowest BCUT2D eigenvalue weighted by Crippen LogP contribution is -2.15. The fourth-order valence-corrected chi connectivity index (χ4v) is 4.20. The number of aromatic nitrogens is 3. The van der Waals surface area contributed by atoms with Crippen LogP contribution in [0.5, 0.6) is 0 Å². The van der Waals surface area contributed by atoms with Crippen LogP contribution < -0.4 is 5.32 Å². The Bertz CT molecular complexity index is 914. The lowest BCUT2D eigenvalue weighted by Gasteiger charge is -2.13. The molecule has 5 nitrogen and oxygen atoms in total. The highest BCUT2D eigenvalue weighted by atomic mass is 32.2. The standard InChI is InChI=1S/C19H22N4OS2/c1-12(2)23-18(15-9-14(4)25-10-15)21-22-19(23)26-11-17(24)20-16-7-5-6-13(3)8-16/h5-10,12H,11H2,1-4H3,(H,20,24). The molecule has 0 atom stereocenters. The van der Waals surface area contributed by atoms with Gasteiger partial charge in [-0.1, -0.05) is 23.9 Å². The molecule has 0 radical (unpaired) electrons. The molecule has 0 spiro atoms. The monoisotopic (exact) mass is 386 g/mol. The van der Waals surface area contributed by atoms with Crippen LogP contribution in [0.1, 0.15) is 30.3 Å². The normalized spacial score (nSPS) is 11.1. The molecule has 1 N–H and O–H groups in total. The predicted octanol–water partition coefficient (Wildman–Crippen LogP) is 4.94. The van der Waals surface area contributed by atoms with E-state index in [4.69, 9.17) is 0 Å². The highest BCUT2D eigenvalue weighted by molar-refractivity contribution is 7.99. The SMILES string of the molecule is Cc1cccc(NC(=O)CSc2nnc(-c3csc(C)c3)n2C(C)C)c1. The fourth-order valence-electron chi connectivity index (χ4n) is 2.65. The zero-order chi connectivity index (χ0) is 18.7. The van der Waals surface area contributed by atoms with Crippen molar-refractivity contribution >= 4 is 34.7 Å². The van der Waals surface area contributed by atoms with Gasteiger partial charge in [-0.05, 0) is 51.5 Å². The number of anilines is 1. The molecule has 0 saturated heterocycles. The molecule has 0 bridgehead atoms. The number of hydrogen-bond acceptors (Lipinski definition) is 5. The number of nitrogens with zero attached hydrogens (tertiary/aromatic N) is 3. The van der Waals surface area contributed by atoms with Crippen LogP contribution in [0.25, 0.3) is 11.4 Å². The molecular weight excluding hydrogens is 364 g/mol. The third-order valence-electron chi connectivity index (χ3n) is 3.80. The molecule has 0 aliphatic carbocycles. The molecular formula is C19H22N4OS2. The molecule has 2 aromatic heterocycles. The summed E-state index contributed by atoms with van der Waals surface area (Å²) in [4.78, 5) is 13.5. The number of nitrogens with one attached hydrogen (secondary N) is 1. The van der Waals surface area contributed by atoms with Crippen molar-refractivity contribution in [2.24, 2.45) is 0 Å². The van der Waals surface area contributed by atoms with Gasteiger partial charge in [0, 0.05) is 27.5 Å². The van der Waals surface area contributed by atoms with Crippen LogP contribution in [-0.4, -0.2) is 26.4 Å². The van der Waals surface area contributed by atoms with Crippen molar-refractivity contribution in [3.05, 3.63) is 46.2 Å². The molecule has 1 aromatic carbocycles. The molecule has 0 aliphatic rings. The second kappa shape index (κ2) is 8.05. The Balaban J connectivity index is 1.71. The van der Waals surface area contributed by atoms with Crippen molar-refractivity contribution in [2.75, 3.05) is 11.1 Å². The molecule has 26 heavy (non-hydrogen) atoms. The van der Waals surface area contributed by atoms with Crippen molar-refractivity contribution in [3.8, 4) is 11.4 Å². The van der Waals surface area contributed by atoms with Gasteiger partial charge in [0.15, 0.2) is 11.0 Å². The molecule has 0 unspecified atom stereocenters. The molecule has 0 fully saturated rings. The number of amides is 1. The van der Waals surface area contributed by atoms with Crippen LogP contribution in [0.3, 0.4) is 0 Å². The van der Waals surface area contributed by atoms with Crippen molar-refractivity contribution in [1.29, 1.82) is 0 Å². The lowest BCUT2D eigenvalue weighted by atomic mass is 10.2. The van der Waals surface area contributed by atoms with E-state index in [0.717, 1.165) is 27.8 Å². The van der Waals surface area contributed by atoms with E-state index >= 15 is 0 Å². The van der Waals surface area contributed by atoms with E-state index in [9.17, 15) is 4.79 Å². The summed E-state index contributed by atoms with van der Waals surface area (Å²) < 4.78 is 2.09. The minimum absolute atomic E-state index is 0.0492. The van der Waals surface area contributed by atoms with Crippen LogP contribution in [0.2, 0.25) is 0 Å². The fraction of sp³-hybridized carbons (Fsp3) is 0.316. The number of hydrogen-bond donors (Lipinski definition) is 1. The second-order valence-electron chi connectivity index (χ2n) is 6.42. The van der Waals surface area contributed by atoms with E-state index < -0.39 is 0 Å². The Morgan fingerprint density at radius 1 is 1.27 bits per heavy atom. The zero-order valence-electron chi connectivity index (χ0n) is 15.3. The van der Waals surface area contributed by atoms with Crippen molar-refractivity contribution in [3.63, 3.8) is 0 Å². The number of thioether (sulfide) groups is 1. The van der Waals surface area contributed by atoms with Gasteiger partial charge in [-0.25, -0.2) is 0 Å². The average molecular weight is 387 g/mol. The lowest BCUT2D eigenvalue weighted by molar-refractivity contribution is -0.113. The maximum atomic E-state index is 12.3. The van der Waals surface area contributed by atoms with Crippen LogP contribution >= 0.6 is 23.1 Å². The quantitative estimate of drug-likeness (QED) is 0.610. The summed E-state index contributed by atoms with van der Waals surface area (Å²) in [7, 11) is 0. The molecule has 136 valence electrons. The molecule has 0 saturated carbocycles. The first-order chi connectivity index (χ1) is 12.4. The summed E-state index contributed by atoms with van der Waals surface area (Å²) in [5.74, 6) is 1.10. The number of carbonyl (C=O) groups is 1. The van der Waals surface area contributed by atoms with E-state index in [-0.39, 0.29) is 11.9 Å². The first-order valence-electron chi connectivity index (χ1n) is 8.44. The highest BCUT2D eigenvalue weighted by Crippen LogP contribution is 2.30. The molecule has 7 heteroatoms. The Hall–Kier alpha value is -2.12. The number of benzene rings is 1. The van der Waals surface area contributed by atoms with Gasteiger partial charge in [-0.2, -0.15) is 0 Å². The number of aryl methyl sites for hydroxylation is 2. The third kappa shape index (κ3) is 4.34. The van der Waals surface area contributed by atoms with Gasteiger partial charge in [0.2, 0.25) is 5.91 Å². The molecule has 1 amide bonds. The predicted molar refractivity (Wildman–Crippen MR) is 109 cm³/mol. The van der Waals surface area contributed by atoms with Crippen LogP contribution in [0.15, 0.2) is 40.9 Å². The zero-order valence-corrected chi connectivity index (χ0v) is 16.9. The van der Waals surface area contributed by atoms with Gasteiger partial charge in [0.1, 0.15) is 0 Å². The Labute approximate surface area is 161 Å². The summed E-state index contributed by atoms with van der Waals surface area (Å²) in [6, 6.07) is 10.1. The van der Waals surface area contributed by atoms with Gasteiger partial charge < -0.3 is 5.32 Å². The minimum Gasteiger partial charge on any atom is -0.325 e. The van der Waals surface area contributed by atoms with E-state index in [1.807, 2.05) is 31.2 Å². The number of carbonyl (C=O) groups excluding carboxylic acids is 1. The van der Waals surface area contributed by atoms with Gasteiger partial charge in [0.05, 0.1) is 5.75 Å². The Morgan fingerprint density at radius 3 is 2.73 bits per heavy atom. The maximum Gasteiger partial charge on any atom is 0.234 e. The first-order valence-corrected chi connectivity index (χ1v) is 10.3. The first kappa shape index (κ1) is 18.7. The van der Waals surface area contributed by atoms with E-state index in [0.29, 0.717) is 5.75 Å². The van der Waals surface area contributed by atoms with Crippen LogP contribution in [0.4, 0.5) is 5.69 Å². The third-order valence-corrected chi connectivity index (χ3v) is 5.61. The largest absolute Gasteiger partial charge is 0.325 e. The molecule has 3 rings (SSSR count). The van der Waals surface area contributed by atoms with Crippen molar-refractivity contribution in [2.45, 2.75) is 38.9 Å². The molecule has 2 heterocycles. The summed E-state index contributed by atoms with van der Waals surface area (Å²) in [6.45, 7) is 8.28. The van der Waals surface area contributed by atoms with E-state index in [1.54, 1.807) is 11.3 Å². The average Bonchev–Trinajstić information content (AvgIpc) is 3.18. The van der Waals surface area contributed by atoms with E-state index in [1.165, 1.54) is 16.6 Å². The summed E-state index contributed by atoms with van der Waals surface area (Å²) in [5, 5.41) is 14.5. The van der Waals surface area contributed by atoms with Gasteiger partial charge in [0.25, 0.3) is 0 Å². The van der Waals surface area contributed by atoms with Crippen LogP contribution in [0, 0.1) is 13.8 Å². The van der Waals surface area contributed by atoms with Gasteiger partial charge in [-0.15, -0.1) is 21.5 Å². The van der Waals surface area contributed by atoms with Gasteiger partial charge >= 0.3 is 0 Å². The second-order valence-corrected chi connectivity index (χ2v) is 8.48. The van der Waals surface area contributed by atoms with Gasteiger partial charge in [-0.3, -0.25) is 9.36 Å². The number of rotatable bonds is 6. The Kier molecular flexibility index (Phi) is 5.78. The number of thiophene rings is 1. The maximum absolute atomic E-state index is 12.3. The molecule has 0 aliphatic heterocycles. The topological polar surface area (TPSA) is 59.8 Å². The van der Waals surface area contributed by atoms with Crippen molar-refractivity contribution in [1.82, 2.24) is 14.8 Å². The summed E-state index contributed by atoms with van der Waals surface area (Å²) in [5.41, 5.74) is 3.01. The smallest absolute Gasteiger partial charge is 0.234 e.